The molecule has 0 saturated carbocycles. The Morgan fingerprint density at radius 3 is 2.38 bits per heavy atom. The Balaban J connectivity index is 1.61. The number of phenolic OH excluding ortho intramolecular Hbond substituents is 1. The van der Waals surface area contributed by atoms with Crippen LogP contribution in [0, 0.1) is 6.92 Å². The molecule has 0 aliphatic carbocycles. The molecule has 0 fully saturated rings. The first kappa shape index (κ1) is 19.9. The summed E-state index contributed by atoms with van der Waals surface area (Å²) in [7, 11) is 0. The zero-order valence-electron chi connectivity index (χ0n) is 16.0. The fourth-order valence-electron chi connectivity index (χ4n) is 2.75. The van der Waals surface area contributed by atoms with E-state index in [0.29, 0.717) is 22.6 Å². The molecule has 6 nitrogen and oxygen atoms in total. The number of aryl methyl sites for hydroxylation is 1. The van der Waals surface area contributed by atoms with E-state index in [1.807, 2.05) is 31.2 Å². The van der Waals surface area contributed by atoms with Crippen LogP contribution in [0.2, 0.25) is 0 Å². The fourth-order valence-corrected chi connectivity index (χ4v) is 2.75. The lowest BCUT2D eigenvalue weighted by molar-refractivity contribution is 0.0940. The van der Waals surface area contributed by atoms with Crippen LogP contribution >= 0.6 is 0 Å². The molecule has 0 atom stereocenters. The van der Waals surface area contributed by atoms with E-state index in [0.717, 1.165) is 5.56 Å². The number of para-hydroxylation sites is 1. The van der Waals surface area contributed by atoms with E-state index < -0.39 is 0 Å². The number of rotatable bonds is 7. The standard InChI is InChI=1S/C23H22N2O4/c1-15-5-11-18(12-6-15)29-21-4-2-3-19(22(21)24)20(27)13-14-25-23(28)16-7-9-17(26)10-8-16/h2-12,26H,13-14,24H2,1H3,(H,25,28). The first-order valence-corrected chi connectivity index (χ1v) is 9.17. The maximum atomic E-state index is 12.6. The number of ether oxygens (including phenoxy) is 1. The second kappa shape index (κ2) is 8.93. The zero-order chi connectivity index (χ0) is 20.8. The van der Waals surface area contributed by atoms with Gasteiger partial charge in [0.25, 0.3) is 5.91 Å². The summed E-state index contributed by atoms with van der Waals surface area (Å²) in [5.41, 5.74) is 8.28. The number of nitrogens with two attached hydrogens (primary N) is 1. The third kappa shape index (κ3) is 5.13. The molecule has 3 aromatic rings. The molecule has 0 saturated heterocycles. The molecular weight excluding hydrogens is 368 g/mol. The van der Waals surface area contributed by atoms with Crippen molar-refractivity contribution in [2.45, 2.75) is 13.3 Å². The van der Waals surface area contributed by atoms with E-state index in [2.05, 4.69) is 5.32 Å². The predicted molar refractivity (Wildman–Crippen MR) is 111 cm³/mol. The average molecular weight is 390 g/mol. The molecule has 0 aliphatic heterocycles. The van der Waals surface area contributed by atoms with Crippen molar-refractivity contribution in [2.24, 2.45) is 0 Å². The Kier molecular flexibility index (Phi) is 6.14. The molecule has 29 heavy (non-hydrogen) atoms. The molecule has 0 aliphatic rings. The van der Waals surface area contributed by atoms with Crippen LogP contribution in [0.15, 0.2) is 66.7 Å². The summed E-state index contributed by atoms with van der Waals surface area (Å²) in [6.45, 7) is 2.15. The van der Waals surface area contributed by atoms with Crippen LogP contribution in [0.1, 0.15) is 32.7 Å². The largest absolute Gasteiger partial charge is 0.508 e. The molecule has 0 radical (unpaired) electrons. The van der Waals surface area contributed by atoms with E-state index >= 15 is 0 Å². The molecule has 3 aromatic carbocycles. The van der Waals surface area contributed by atoms with Gasteiger partial charge in [-0.25, -0.2) is 0 Å². The van der Waals surface area contributed by atoms with Gasteiger partial charge in [0.15, 0.2) is 11.5 Å². The van der Waals surface area contributed by atoms with Gasteiger partial charge in [-0.3, -0.25) is 9.59 Å². The summed E-state index contributed by atoms with van der Waals surface area (Å²) in [5, 5.41) is 12.0. The predicted octanol–water partition coefficient (Wildman–Crippen LogP) is 4.08. The smallest absolute Gasteiger partial charge is 0.251 e. The van der Waals surface area contributed by atoms with Gasteiger partial charge in [0.2, 0.25) is 0 Å². The highest BCUT2D eigenvalue weighted by Crippen LogP contribution is 2.30. The molecule has 6 heteroatoms. The first-order chi connectivity index (χ1) is 13.9. The first-order valence-electron chi connectivity index (χ1n) is 9.17. The minimum atomic E-state index is -0.317. The minimum Gasteiger partial charge on any atom is -0.508 e. The number of aromatic hydroxyl groups is 1. The van der Waals surface area contributed by atoms with Crippen LogP contribution in [-0.2, 0) is 0 Å². The summed E-state index contributed by atoms with van der Waals surface area (Å²) in [4.78, 5) is 24.6. The van der Waals surface area contributed by atoms with Gasteiger partial charge in [0.1, 0.15) is 11.5 Å². The number of nitrogens with one attached hydrogen (secondary N) is 1. The molecule has 0 spiro atoms. The van der Waals surface area contributed by atoms with Crippen LogP contribution in [-0.4, -0.2) is 23.3 Å². The summed E-state index contributed by atoms with van der Waals surface area (Å²) < 4.78 is 5.80. The second-order valence-electron chi connectivity index (χ2n) is 6.61. The summed E-state index contributed by atoms with van der Waals surface area (Å²) >= 11 is 0. The van der Waals surface area contributed by atoms with Crippen molar-refractivity contribution in [2.75, 3.05) is 12.3 Å². The van der Waals surface area contributed by atoms with Crippen molar-refractivity contribution >= 4 is 17.4 Å². The van der Waals surface area contributed by atoms with Crippen molar-refractivity contribution in [3.63, 3.8) is 0 Å². The Labute approximate surface area is 168 Å². The Morgan fingerprint density at radius 1 is 1.00 bits per heavy atom. The SMILES string of the molecule is Cc1ccc(Oc2cccc(C(=O)CCNC(=O)c3ccc(O)cc3)c2N)cc1. The van der Waals surface area contributed by atoms with E-state index in [1.165, 1.54) is 24.3 Å². The number of ketones is 1. The highest BCUT2D eigenvalue weighted by Gasteiger charge is 2.14. The van der Waals surface area contributed by atoms with Gasteiger partial charge in [0.05, 0.1) is 5.69 Å². The molecule has 0 aromatic heterocycles. The minimum absolute atomic E-state index is 0.0833. The van der Waals surface area contributed by atoms with Gasteiger partial charge in [-0.15, -0.1) is 0 Å². The average Bonchev–Trinajstić information content (AvgIpc) is 2.71. The Bertz CT molecular complexity index is 1010. The van der Waals surface area contributed by atoms with Crippen LogP contribution < -0.4 is 15.8 Å². The lowest BCUT2D eigenvalue weighted by Crippen LogP contribution is -2.26. The third-order valence-corrected chi connectivity index (χ3v) is 4.38. The van der Waals surface area contributed by atoms with E-state index in [1.54, 1.807) is 18.2 Å². The number of hydrogen-bond acceptors (Lipinski definition) is 5. The molecule has 1 amide bonds. The monoisotopic (exact) mass is 390 g/mol. The number of Topliss-reactive ketones (excluding diaryl/α,β-unsaturated/α-hetero) is 1. The molecule has 0 heterocycles. The van der Waals surface area contributed by atoms with E-state index in [4.69, 9.17) is 10.5 Å². The number of hydrogen-bond donors (Lipinski definition) is 3. The van der Waals surface area contributed by atoms with Gasteiger partial charge in [-0.2, -0.15) is 0 Å². The molecule has 4 N–H and O–H groups in total. The Hall–Kier alpha value is -3.80. The van der Waals surface area contributed by atoms with Gasteiger partial charge in [0, 0.05) is 24.1 Å². The number of anilines is 1. The molecule has 3 rings (SSSR count). The lowest BCUT2D eigenvalue weighted by Gasteiger charge is -2.12. The fraction of sp³-hybridized carbons (Fsp3) is 0.130. The van der Waals surface area contributed by atoms with Crippen LogP contribution in [0.5, 0.6) is 17.2 Å². The van der Waals surface area contributed by atoms with Gasteiger partial charge in [-0.05, 0) is 55.5 Å². The highest BCUT2D eigenvalue weighted by molar-refractivity contribution is 6.02. The molecular formula is C23H22N2O4. The number of amides is 1. The number of phenols is 1. The summed E-state index contributed by atoms with van der Waals surface area (Å²) in [5.74, 6) is 0.617. The van der Waals surface area contributed by atoms with Crippen molar-refractivity contribution in [1.29, 1.82) is 0 Å². The van der Waals surface area contributed by atoms with Crippen LogP contribution in [0.4, 0.5) is 5.69 Å². The van der Waals surface area contributed by atoms with Crippen molar-refractivity contribution < 1.29 is 19.4 Å². The van der Waals surface area contributed by atoms with Gasteiger partial charge in [-0.1, -0.05) is 23.8 Å². The number of nitrogen functional groups attached to an aromatic ring is 1. The quantitative estimate of drug-likeness (QED) is 0.417. The third-order valence-electron chi connectivity index (χ3n) is 4.38. The number of carbonyl (C=O) groups is 2. The van der Waals surface area contributed by atoms with Crippen LogP contribution in [0.3, 0.4) is 0 Å². The van der Waals surface area contributed by atoms with Crippen molar-refractivity contribution in [3.8, 4) is 17.2 Å². The van der Waals surface area contributed by atoms with Crippen LogP contribution in [0.25, 0.3) is 0 Å². The van der Waals surface area contributed by atoms with E-state index in [-0.39, 0.29) is 36.1 Å². The molecule has 148 valence electrons. The van der Waals surface area contributed by atoms with Gasteiger partial charge < -0.3 is 20.9 Å². The maximum Gasteiger partial charge on any atom is 0.251 e. The molecule has 0 unspecified atom stereocenters. The topological polar surface area (TPSA) is 102 Å². The van der Waals surface area contributed by atoms with Crippen molar-refractivity contribution in [1.82, 2.24) is 5.32 Å². The molecule has 0 bridgehead atoms. The lowest BCUT2D eigenvalue weighted by atomic mass is 10.1. The van der Waals surface area contributed by atoms with Crippen molar-refractivity contribution in [3.05, 3.63) is 83.4 Å². The Morgan fingerprint density at radius 2 is 1.69 bits per heavy atom. The zero-order valence-corrected chi connectivity index (χ0v) is 16.0. The second-order valence-corrected chi connectivity index (χ2v) is 6.61. The van der Waals surface area contributed by atoms with E-state index in [9.17, 15) is 14.7 Å². The van der Waals surface area contributed by atoms with Gasteiger partial charge >= 0.3 is 0 Å². The summed E-state index contributed by atoms with van der Waals surface area (Å²) in [6.07, 6.45) is 0.0992. The maximum absolute atomic E-state index is 12.6. The number of carbonyl (C=O) groups excluding carboxylic acids is 2. The number of benzene rings is 3. The normalized spacial score (nSPS) is 10.4. The summed E-state index contributed by atoms with van der Waals surface area (Å²) in [6, 6.07) is 18.5. The highest BCUT2D eigenvalue weighted by atomic mass is 16.5.